The van der Waals surface area contributed by atoms with Gasteiger partial charge >= 0.3 is 0 Å². The van der Waals surface area contributed by atoms with E-state index in [1.165, 1.54) is 0 Å². The zero-order chi connectivity index (χ0) is 15.5. The highest BCUT2D eigenvalue weighted by Crippen LogP contribution is 2.33. The minimum Gasteiger partial charge on any atom is -0.492 e. The van der Waals surface area contributed by atoms with Crippen LogP contribution in [-0.2, 0) is 0 Å². The van der Waals surface area contributed by atoms with Crippen molar-refractivity contribution in [2.45, 2.75) is 13.8 Å². The van der Waals surface area contributed by atoms with Crippen molar-refractivity contribution in [1.29, 1.82) is 0 Å². The lowest BCUT2D eigenvalue weighted by Crippen LogP contribution is -2.05. The lowest BCUT2D eigenvalue weighted by molar-refractivity contribution is 0.338. The summed E-state index contributed by atoms with van der Waals surface area (Å²) in [5.41, 5.74) is 10.2. The van der Waals surface area contributed by atoms with Gasteiger partial charge in [-0.2, -0.15) is 5.10 Å². The summed E-state index contributed by atoms with van der Waals surface area (Å²) in [6.07, 6.45) is 0. The Bertz CT molecular complexity index is 778. The van der Waals surface area contributed by atoms with Crippen molar-refractivity contribution in [3.63, 3.8) is 0 Å². The number of benzene rings is 2. The summed E-state index contributed by atoms with van der Waals surface area (Å²) in [7, 11) is 0. The quantitative estimate of drug-likeness (QED) is 0.795. The average molecular weight is 293 g/mol. The van der Waals surface area contributed by atoms with Gasteiger partial charge in [0.25, 0.3) is 0 Å². The zero-order valence-electron chi connectivity index (χ0n) is 12.8. The van der Waals surface area contributed by atoms with Crippen LogP contribution in [0, 0.1) is 6.92 Å². The van der Waals surface area contributed by atoms with Crippen LogP contribution in [0.4, 0.5) is 5.82 Å². The fourth-order valence-corrected chi connectivity index (χ4v) is 2.60. The summed E-state index contributed by atoms with van der Waals surface area (Å²) >= 11 is 0. The van der Waals surface area contributed by atoms with E-state index in [2.05, 4.69) is 5.10 Å². The molecule has 1 aromatic heterocycles. The first-order valence-electron chi connectivity index (χ1n) is 7.35. The highest BCUT2D eigenvalue weighted by Gasteiger charge is 2.17. The highest BCUT2D eigenvalue weighted by atomic mass is 16.5. The van der Waals surface area contributed by atoms with Crippen LogP contribution >= 0.6 is 0 Å². The van der Waals surface area contributed by atoms with Crippen LogP contribution in [0.5, 0.6) is 5.75 Å². The number of hydrogen-bond acceptors (Lipinski definition) is 3. The molecule has 0 saturated carbocycles. The van der Waals surface area contributed by atoms with Gasteiger partial charge in [0.05, 0.1) is 12.3 Å². The van der Waals surface area contributed by atoms with Crippen molar-refractivity contribution in [1.82, 2.24) is 9.78 Å². The maximum absolute atomic E-state index is 6.38. The number of hydrogen-bond donors (Lipinski definition) is 1. The fourth-order valence-electron chi connectivity index (χ4n) is 2.60. The van der Waals surface area contributed by atoms with Crippen molar-refractivity contribution in [3.8, 4) is 22.6 Å². The summed E-state index contributed by atoms with van der Waals surface area (Å²) in [4.78, 5) is 0. The molecule has 1 heterocycles. The van der Waals surface area contributed by atoms with Gasteiger partial charge in [0.15, 0.2) is 0 Å². The van der Waals surface area contributed by atoms with Crippen LogP contribution < -0.4 is 10.5 Å². The number of anilines is 1. The lowest BCUT2D eigenvalue weighted by atomic mass is 10.1. The zero-order valence-corrected chi connectivity index (χ0v) is 12.8. The van der Waals surface area contributed by atoms with E-state index in [4.69, 9.17) is 10.5 Å². The number of nitrogen functional groups attached to an aromatic ring is 1. The Hall–Kier alpha value is -2.75. The molecule has 0 aliphatic carbocycles. The van der Waals surface area contributed by atoms with E-state index in [-0.39, 0.29) is 0 Å². The summed E-state index contributed by atoms with van der Waals surface area (Å²) in [5, 5.41) is 4.61. The van der Waals surface area contributed by atoms with Crippen molar-refractivity contribution in [2.24, 2.45) is 0 Å². The lowest BCUT2D eigenvalue weighted by Gasteiger charge is -2.11. The Labute approximate surface area is 130 Å². The molecule has 0 aliphatic rings. The molecule has 0 bridgehead atoms. The minimum absolute atomic E-state index is 0.600. The third-order valence-corrected chi connectivity index (χ3v) is 3.55. The summed E-state index contributed by atoms with van der Waals surface area (Å²) in [6, 6.07) is 17.9. The Balaban J connectivity index is 2.15. The molecule has 0 amide bonds. The van der Waals surface area contributed by atoms with Crippen LogP contribution in [0.25, 0.3) is 16.8 Å². The van der Waals surface area contributed by atoms with Gasteiger partial charge < -0.3 is 10.5 Å². The number of nitrogens with zero attached hydrogens (tertiary/aromatic N) is 2. The van der Waals surface area contributed by atoms with Gasteiger partial charge in [-0.3, -0.25) is 0 Å². The molecular weight excluding hydrogens is 274 g/mol. The second-order valence-electron chi connectivity index (χ2n) is 5.02. The number of aromatic nitrogens is 2. The summed E-state index contributed by atoms with van der Waals surface area (Å²) < 4.78 is 7.44. The highest BCUT2D eigenvalue weighted by molar-refractivity contribution is 5.78. The van der Waals surface area contributed by atoms with Gasteiger partial charge in [0.1, 0.15) is 17.3 Å². The van der Waals surface area contributed by atoms with Crippen LogP contribution in [0.15, 0.2) is 54.6 Å². The monoisotopic (exact) mass is 293 g/mol. The number of rotatable bonds is 4. The van der Waals surface area contributed by atoms with E-state index in [1.807, 2.05) is 68.4 Å². The normalized spacial score (nSPS) is 10.6. The fraction of sp³-hybridized carbons (Fsp3) is 0.167. The first-order chi connectivity index (χ1) is 10.7. The van der Waals surface area contributed by atoms with E-state index < -0.39 is 0 Å². The van der Waals surface area contributed by atoms with Crippen molar-refractivity contribution in [2.75, 3.05) is 12.3 Å². The molecule has 0 atom stereocenters. The van der Waals surface area contributed by atoms with Crippen LogP contribution in [0.1, 0.15) is 12.6 Å². The second-order valence-corrected chi connectivity index (χ2v) is 5.02. The van der Waals surface area contributed by atoms with Crippen LogP contribution in [-0.4, -0.2) is 16.4 Å². The number of ether oxygens (including phenoxy) is 1. The molecule has 2 aromatic carbocycles. The van der Waals surface area contributed by atoms with Gasteiger partial charge in [0, 0.05) is 5.56 Å². The average Bonchev–Trinajstić information content (AvgIpc) is 2.84. The van der Waals surface area contributed by atoms with Crippen LogP contribution in [0.3, 0.4) is 0 Å². The van der Waals surface area contributed by atoms with Crippen LogP contribution in [0.2, 0.25) is 0 Å². The molecule has 0 spiro atoms. The number of para-hydroxylation sites is 2. The number of aryl methyl sites for hydroxylation is 1. The molecular formula is C18H19N3O. The summed E-state index contributed by atoms with van der Waals surface area (Å²) in [5.74, 6) is 1.40. The molecule has 0 saturated heterocycles. The Kier molecular flexibility index (Phi) is 3.83. The molecule has 4 nitrogen and oxygen atoms in total. The first-order valence-corrected chi connectivity index (χ1v) is 7.35. The van der Waals surface area contributed by atoms with E-state index in [0.717, 1.165) is 28.3 Å². The molecule has 0 unspecified atom stereocenters. The largest absolute Gasteiger partial charge is 0.492 e. The standard InChI is InChI=1S/C18H19N3O/c1-3-22-16-12-8-7-11-15(16)21-18(19)17(13(2)20-21)14-9-5-4-6-10-14/h4-12H,3,19H2,1-2H3. The third kappa shape index (κ3) is 2.44. The minimum atomic E-state index is 0.600. The molecule has 0 aliphatic heterocycles. The summed E-state index contributed by atoms with van der Waals surface area (Å²) in [6.45, 7) is 4.53. The van der Waals surface area contributed by atoms with Crippen molar-refractivity contribution < 1.29 is 4.74 Å². The van der Waals surface area contributed by atoms with Gasteiger partial charge in [0.2, 0.25) is 0 Å². The molecule has 4 heteroatoms. The molecule has 0 fully saturated rings. The molecule has 0 radical (unpaired) electrons. The third-order valence-electron chi connectivity index (χ3n) is 3.55. The van der Waals surface area contributed by atoms with E-state index in [9.17, 15) is 0 Å². The molecule has 3 rings (SSSR count). The SMILES string of the molecule is CCOc1ccccc1-n1nc(C)c(-c2ccccc2)c1N. The molecule has 22 heavy (non-hydrogen) atoms. The predicted molar refractivity (Wildman–Crippen MR) is 89.3 cm³/mol. The topological polar surface area (TPSA) is 53.1 Å². The van der Waals surface area contributed by atoms with E-state index in [1.54, 1.807) is 4.68 Å². The smallest absolute Gasteiger partial charge is 0.145 e. The van der Waals surface area contributed by atoms with Gasteiger partial charge in [-0.25, -0.2) is 4.68 Å². The maximum atomic E-state index is 6.38. The maximum Gasteiger partial charge on any atom is 0.145 e. The Morgan fingerprint density at radius 3 is 2.45 bits per heavy atom. The van der Waals surface area contributed by atoms with Gasteiger partial charge in [-0.1, -0.05) is 42.5 Å². The van der Waals surface area contributed by atoms with Gasteiger partial charge in [-0.05, 0) is 31.5 Å². The first kappa shape index (κ1) is 14.2. The molecule has 3 aromatic rings. The van der Waals surface area contributed by atoms with Crippen molar-refractivity contribution in [3.05, 3.63) is 60.3 Å². The number of nitrogens with two attached hydrogens (primary N) is 1. The molecule has 112 valence electrons. The Morgan fingerprint density at radius 2 is 1.73 bits per heavy atom. The Morgan fingerprint density at radius 1 is 1.05 bits per heavy atom. The van der Waals surface area contributed by atoms with E-state index in [0.29, 0.717) is 12.4 Å². The predicted octanol–water partition coefficient (Wildman–Crippen LogP) is 3.83. The second kappa shape index (κ2) is 5.93. The van der Waals surface area contributed by atoms with Gasteiger partial charge in [-0.15, -0.1) is 0 Å². The van der Waals surface area contributed by atoms with Crippen molar-refractivity contribution >= 4 is 5.82 Å². The molecule has 2 N–H and O–H groups in total. The van der Waals surface area contributed by atoms with E-state index >= 15 is 0 Å².